The Kier molecular flexibility index (Phi) is 7.88. The van der Waals surface area contributed by atoms with Crippen molar-refractivity contribution in [1.29, 1.82) is 5.41 Å². The molecule has 0 unspecified atom stereocenters. The zero-order valence-corrected chi connectivity index (χ0v) is 21.4. The Morgan fingerprint density at radius 3 is 2.62 bits per heavy atom. The first-order valence-corrected chi connectivity index (χ1v) is 12.8. The van der Waals surface area contributed by atoms with E-state index in [0.717, 1.165) is 36.3 Å². The van der Waals surface area contributed by atoms with Crippen molar-refractivity contribution in [3.8, 4) is 22.8 Å². The second-order valence-electron chi connectivity index (χ2n) is 9.49. The Morgan fingerprint density at radius 2 is 1.85 bits per heavy atom. The van der Waals surface area contributed by atoms with E-state index in [2.05, 4.69) is 26.3 Å². The van der Waals surface area contributed by atoms with Gasteiger partial charge in [-0.05, 0) is 73.5 Å². The van der Waals surface area contributed by atoms with Crippen molar-refractivity contribution in [2.75, 3.05) is 24.1 Å². The standard InChI is InChI=1S/C30H29FN6O2/c31-23-5-4-6-25(15-23)39-28-10-8-24(18-35-28)36-30(38)29(33)26-14-21(7-9-27(26)32)22-13-20(16-34-17-22)19-37-11-2-1-3-12-37/h4-10,13-18,33H,1-3,11-12,19,32H2,(H,36,38). The first kappa shape index (κ1) is 26.0. The number of benzene rings is 2. The molecular weight excluding hydrogens is 495 g/mol. The van der Waals surface area contributed by atoms with Crippen LogP contribution in [0, 0.1) is 11.2 Å². The maximum atomic E-state index is 13.4. The highest BCUT2D eigenvalue weighted by Gasteiger charge is 2.17. The number of rotatable bonds is 8. The summed E-state index contributed by atoms with van der Waals surface area (Å²) in [5.41, 5.74) is 9.76. The largest absolute Gasteiger partial charge is 0.439 e. The number of nitrogens with one attached hydrogen (secondary N) is 2. The number of piperidine rings is 1. The Labute approximate surface area is 226 Å². The number of ether oxygens (including phenoxy) is 1. The number of hydrogen-bond acceptors (Lipinski definition) is 7. The number of carbonyl (C=O) groups excluding carboxylic acids is 1. The number of aromatic nitrogens is 2. The smallest absolute Gasteiger partial charge is 0.274 e. The van der Waals surface area contributed by atoms with E-state index < -0.39 is 11.7 Å². The van der Waals surface area contributed by atoms with E-state index in [1.54, 1.807) is 36.5 Å². The molecule has 2 aromatic carbocycles. The van der Waals surface area contributed by atoms with Crippen LogP contribution in [-0.2, 0) is 11.3 Å². The molecule has 0 saturated carbocycles. The van der Waals surface area contributed by atoms with E-state index in [1.165, 1.54) is 43.7 Å². The molecule has 8 nitrogen and oxygen atoms in total. The highest BCUT2D eigenvalue weighted by Crippen LogP contribution is 2.26. The van der Waals surface area contributed by atoms with Gasteiger partial charge in [0.05, 0.1) is 11.9 Å². The SMILES string of the molecule is N=C(C(=O)Nc1ccc(Oc2cccc(F)c2)nc1)c1cc(-c2cncc(CN3CCCCC3)c2)ccc1N. The van der Waals surface area contributed by atoms with Crippen LogP contribution in [0.3, 0.4) is 0 Å². The van der Waals surface area contributed by atoms with Crippen LogP contribution in [0.15, 0.2) is 79.3 Å². The summed E-state index contributed by atoms with van der Waals surface area (Å²) in [6.45, 7) is 3.04. The third kappa shape index (κ3) is 6.63. The van der Waals surface area contributed by atoms with Gasteiger partial charge in [0.2, 0.25) is 5.88 Å². The lowest BCUT2D eigenvalue weighted by Gasteiger charge is -2.26. The van der Waals surface area contributed by atoms with E-state index >= 15 is 0 Å². The minimum absolute atomic E-state index is 0.238. The molecule has 9 heteroatoms. The third-order valence-corrected chi connectivity index (χ3v) is 6.55. The predicted molar refractivity (Wildman–Crippen MR) is 149 cm³/mol. The van der Waals surface area contributed by atoms with Crippen LogP contribution in [0.5, 0.6) is 11.6 Å². The minimum Gasteiger partial charge on any atom is -0.439 e. The molecule has 1 aliphatic rings. The summed E-state index contributed by atoms with van der Waals surface area (Å²) < 4.78 is 18.9. The molecule has 0 radical (unpaired) electrons. The molecule has 198 valence electrons. The number of halogens is 1. The average molecular weight is 525 g/mol. The van der Waals surface area contributed by atoms with Crippen molar-refractivity contribution in [2.45, 2.75) is 25.8 Å². The Morgan fingerprint density at radius 1 is 1.00 bits per heavy atom. The molecule has 1 aliphatic heterocycles. The van der Waals surface area contributed by atoms with Gasteiger partial charge in [0, 0.05) is 47.9 Å². The molecule has 0 aliphatic carbocycles. The second kappa shape index (κ2) is 11.8. The van der Waals surface area contributed by atoms with Crippen LogP contribution in [0.2, 0.25) is 0 Å². The van der Waals surface area contributed by atoms with E-state index in [-0.39, 0.29) is 11.6 Å². The highest BCUT2D eigenvalue weighted by molar-refractivity contribution is 6.48. The zero-order valence-electron chi connectivity index (χ0n) is 21.4. The van der Waals surface area contributed by atoms with Gasteiger partial charge in [-0.2, -0.15) is 0 Å². The van der Waals surface area contributed by atoms with Crippen molar-refractivity contribution in [1.82, 2.24) is 14.9 Å². The Balaban J connectivity index is 1.26. The molecule has 1 saturated heterocycles. The number of nitrogen functional groups attached to an aromatic ring is 1. The van der Waals surface area contributed by atoms with Gasteiger partial charge >= 0.3 is 0 Å². The number of pyridine rings is 2. The van der Waals surface area contributed by atoms with Gasteiger partial charge in [-0.3, -0.25) is 20.1 Å². The molecule has 5 rings (SSSR count). The zero-order chi connectivity index (χ0) is 27.2. The van der Waals surface area contributed by atoms with Gasteiger partial charge < -0.3 is 15.8 Å². The molecule has 0 spiro atoms. The van der Waals surface area contributed by atoms with Crippen molar-refractivity contribution < 1.29 is 13.9 Å². The van der Waals surface area contributed by atoms with Crippen LogP contribution in [0.25, 0.3) is 11.1 Å². The summed E-state index contributed by atoms with van der Waals surface area (Å²) in [6, 6.07) is 16.3. The molecule has 2 aromatic heterocycles. The molecule has 1 fully saturated rings. The summed E-state index contributed by atoms with van der Waals surface area (Å²) in [5.74, 6) is -0.499. The third-order valence-electron chi connectivity index (χ3n) is 6.55. The number of hydrogen-bond donors (Lipinski definition) is 3. The maximum absolute atomic E-state index is 13.4. The lowest BCUT2D eigenvalue weighted by atomic mass is 9.99. The fraction of sp³-hybridized carbons (Fsp3) is 0.200. The van der Waals surface area contributed by atoms with E-state index in [0.29, 0.717) is 22.7 Å². The fourth-order valence-corrected chi connectivity index (χ4v) is 4.54. The van der Waals surface area contributed by atoms with Crippen molar-refractivity contribution in [3.05, 3.63) is 96.2 Å². The molecule has 39 heavy (non-hydrogen) atoms. The molecule has 0 bridgehead atoms. The second-order valence-corrected chi connectivity index (χ2v) is 9.49. The summed E-state index contributed by atoms with van der Waals surface area (Å²) >= 11 is 0. The predicted octanol–water partition coefficient (Wildman–Crippen LogP) is 5.65. The van der Waals surface area contributed by atoms with Gasteiger partial charge in [0.25, 0.3) is 5.91 Å². The van der Waals surface area contributed by atoms with Crippen LogP contribution in [-0.4, -0.2) is 39.6 Å². The quantitative estimate of drug-likeness (QED) is 0.203. The highest BCUT2D eigenvalue weighted by atomic mass is 19.1. The fourth-order valence-electron chi connectivity index (χ4n) is 4.54. The molecule has 1 amide bonds. The molecular formula is C30H29FN6O2. The number of nitrogens with zero attached hydrogens (tertiary/aromatic N) is 3. The van der Waals surface area contributed by atoms with Gasteiger partial charge in [0.15, 0.2) is 0 Å². The molecule has 3 heterocycles. The lowest BCUT2D eigenvalue weighted by Crippen LogP contribution is -2.29. The first-order valence-electron chi connectivity index (χ1n) is 12.8. The normalized spacial score (nSPS) is 13.6. The van der Waals surface area contributed by atoms with Crippen LogP contribution in [0.1, 0.15) is 30.4 Å². The number of likely N-dealkylation sites (tertiary alicyclic amines) is 1. The minimum atomic E-state index is -0.628. The molecule has 4 aromatic rings. The summed E-state index contributed by atoms with van der Waals surface area (Å²) in [4.78, 5) is 23.9. The van der Waals surface area contributed by atoms with Crippen LogP contribution < -0.4 is 15.8 Å². The molecule has 4 N–H and O–H groups in total. The van der Waals surface area contributed by atoms with Gasteiger partial charge in [-0.15, -0.1) is 0 Å². The summed E-state index contributed by atoms with van der Waals surface area (Å²) in [7, 11) is 0. The number of nitrogens with two attached hydrogens (primary N) is 1. The average Bonchev–Trinajstić information content (AvgIpc) is 2.95. The monoisotopic (exact) mass is 524 g/mol. The first-order chi connectivity index (χ1) is 18.9. The van der Waals surface area contributed by atoms with Crippen LogP contribution >= 0.6 is 0 Å². The van der Waals surface area contributed by atoms with E-state index in [9.17, 15) is 9.18 Å². The topological polar surface area (TPSA) is 117 Å². The summed E-state index contributed by atoms with van der Waals surface area (Å²) in [5, 5.41) is 11.2. The lowest BCUT2D eigenvalue weighted by molar-refractivity contribution is -0.110. The number of amides is 1. The van der Waals surface area contributed by atoms with Crippen molar-refractivity contribution in [2.24, 2.45) is 0 Å². The Hall–Kier alpha value is -4.63. The number of carbonyl (C=O) groups is 1. The summed E-state index contributed by atoms with van der Waals surface area (Å²) in [6.07, 6.45) is 8.80. The van der Waals surface area contributed by atoms with Gasteiger partial charge in [-0.25, -0.2) is 9.37 Å². The van der Waals surface area contributed by atoms with Gasteiger partial charge in [0.1, 0.15) is 17.3 Å². The number of anilines is 2. The van der Waals surface area contributed by atoms with Gasteiger partial charge in [-0.1, -0.05) is 18.6 Å². The van der Waals surface area contributed by atoms with E-state index in [1.807, 2.05) is 12.3 Å². The molecule has 0 atom stereocenters. The van der Waals surface area contributed by atoms with Crippen molar-refractivity contribution in [3.63, 3.8) is 0 Å². The van der Waals surface area contributed by atoms with E-state index in [4.69, 9.17) is 15.9 Å². The van der Waals surface area contributed by atoms with Crippen molar-refractivity contribution >= 4 is 23.0 Å². The Bertz CT molecular complexity index is 1490. The van der Waals surface area contributed by atoms with Crippen LogP contribution in [0.4, 0.5) is 15.8 Å². The maximum Gasteiger partial charge on any atom is 0.274 e.